The first-order chi connectivity index (χ1) is 18.8. The molecule has 0 atom stereocenters. The third kappa shape index (κ3) is 5.54. The predicted octanol–water partition coefficient (Wildman–Crippen LogP) is 9.87. The smallest absolute Gasteiger partial charge is 0.142 e. The number of aromatic nitrogens is 2. The van der Waals surface area contributed by atoms with E-state index < -0.39 is 0 Å². The van der Waals surface area contributed by atoms with Gasteiger partial charge in [0.05, 0.1) is 17.0 Å². The zero-order valence-corrected chi connectivity index (χ0v) is 23.7. The first kappa shape index (κ1) is 26.5. The minimum atomic E-state index is -0.0475. The van der Waals surface area contributed by atoms with Gasteiger partial charge in [0.2, 0.25) is 0 Å². The molecule has 0 unspecified atom stereocenters. The molecule has 0 saturated carbocycles. The van der Waals surface area contributed by atoms with Gasteiger partial charge >= 0.3 is 0 Å². The van der Waals surface area contributed by atoms with E-state index in [1.165, 1.54) is 16.7 Å². The molecule has 0 aliphatic heterocycles. The fraction of sp³-hybridized carbons (Fsp3) is 0.250. The number of aromatic hydroxyl groups is 1. The number of hydrogen-bond donors (Lipinski definition) is 2. The zero-order chi connectivity index (χ0) is 27.6. The molecule has 5 rings (SSSR count). The van der Waals surface area contributed by atoms with Gasteiger partial charge in [-0.3, -0.25) is 0 Å². The van der Waals surface area contributed by atoms with Crippen LogP contribution in [0.5, 0.6) is 5.75 Å². The van der Waals surface area contributed by atoms with Crippen molar-refractivity contribution < 1.29 is 5.11 Å². The third-order valence-corrected chi connectivity index (χ3v) is 7.76. The summed E-state index contributed by atoms with van der Waals surface area (Å²) >= 11 is 0. The Morgan fingerprint density at radius 1 is 0.744 bits per heavy atom. The summed E-state index contributed by atoms with van der Waals surface area (Å²) in [6, 6.07) is 31.4. The first-order valence-electron chi connectivity index (χ1n) is 13.9. The molecule has 0 amide bonds. The molecule has 0 aliphatic rings. The molecular formula is C36H38N2O. The number of aryl methyl sites for hydroxylation is 2. The summed E-state index contributed by atoms with van der Waals surface area (Å²) in [4.78, 5) is 8.76. The Bertz CT molecular complexity index is 1500. The Balaban J connectivity index is 1.74. The largest absolute Gasteiger partial charge is 0.507 e. The van der Waals surface area contributed by atoms with E-state index in [1.807, 2.05) is 18.2 Å². The van der Waals surface area contributed by atoms with E-state index in [1.54, 1.807) is 0 Å². The highest BCUT2D eigenvalue weighted by Crippen LogP contribution is 2.44. The quantitative estimate of drug-likeness (QED) is 0.216. The lowest BCUT2D eigenvalue weighted by Gasteiger charge is -2.27. The minimum absolute atomic E-state index is 0.0475. The maximum Gasteiger partial charge on any atom is 0.142 e. The van der Waals surface area contributed by atoms with Gasteiger partial charge in [-0.1, -0.05) is 124 Å². The van der Waals surface area contributed by atoms with E-state index in [2.05, 4.69) is 112 Å². The Kier molecular flexibility index (Phi) is 7.43. The van der Waals surface area contributed by atoms with Crippen LogP contribution in [-0.4, -0.2) is 15.1 Å². The maximum atomic E-state index is 11.7. The number of nitrogens with zero attached hydrogens (tertiary/aromatic N) is 1. The van der Waals surface area contributed by atoms with Gasteiger partial charge in [0.25, 0.3) is 0 Å². The van der Waals surface area contributed by atoms with Gasteiger partial charge in [0, 0.05) is 16.7 Å². The summed E-state index contributed by atoms with van der Waals surface area (Å²) in [7, 11) is 0. The molecule has 0 radical (unpaired) electrons. The number of imidazole rings is 1. The van der Waals surface area contributed by atoms with Crippen molar-refractivity contribution in [2.24, 2.45) is 0 Å². The molecule has 1 aromatic heterocycles. The maximum absolute atomic E-state index is 11.7. The number of benzene rings is 4. The Morgan fingerprint density at radius 3 is 1.95 bits per heavy atom. The van der Waals surface area contributed by atoms with Crippen LogP contribution in [-0.2, 0) is 5.41 Å². The standard InChI is InChI=1S/C36H38N2O/c1-6-7-21-36(4,5)29-22-30(26-11-9-8-10-12-26)34(39)31(23-29)35-37-32(27-17-13-24(2)14-18-27)33(38-35)28-19-15-25(3)16-20-28/h8-20,22-23,39H,6-7,21H2,1-5H3,(H,37,38). The minimum Gasteiger partial charge on any atom is -0.507 e. The van der Waals surface area contributed by atoms with Crippen LogP contribution < -0.4 is 0 Å². The average molecular weight is 515 g/mol. The van der Waals surface area contributed by atoms with Crippen molar-refractivity contribution in [1.29, 1.82) is 0 Å². The number of phenols is 1. The van der Waals surface area contributed by atoms with E-state index in [0.717, 1.165) is 58.5 Å². The molecule has 5 aromatic rings. The summed E-state index contributed by atoms with van der Waals surface area (Å²) < 4.78 is 0. The summed E-state index contributed by atoms with van der Waals surface area (Å²) in [6.45, 7) is 11.0. The lowest BCUT2D eigenvalue weighted by atomic mass is 9.78. The van der Waals surface area contributed by atoms with Gasteiger partial charge < -0.3 is 10.1 Å². The highest BCUT2D eigenvalue weighted by Gasteiger charge is 2.26. The lowest BCUT2D eigenvalue weighted by Crippen LogP contribution is -2.17. The normalized spacial score (nSPS) is 11.6. The monoisotopic (exact) mass is 514 g/mol. The number of nitrogens with one attached hydrogen (secondary N) is 1. The Morgan fingerprint density at radius 2 is 1.33 bits per heavy atom. The van der Waals surface area contributed by atoms with Gasteiger partial charge in [-0.15, -0.1) is 0 Å². The van der Waals surface area contributed by atoms with Gasteiger partial charge in [-0.2, -0.15) is 0 Å². The van der Waals surface area contributed by atoms with E-state index in [9.17, 15) is 5.11 Å². The van der Waals surface area contributed by atoms with Gasteiger partial charge in [0.1, 0.15) is 11.6 Å². The van der Waals surface area contributed by atoms with Crippen molar-refractivity contribution in [2.75, 3.05) is 0 Å². The van der Waals surface area contributed by atoms with E-state index >= 15 is 0 Å². The molecule has 0 bridgehead atoms. The van der Waals surface area contributed by atoms with Crippen LogP contribution in [0, 0.1) is 13.8 Å². The van der Waals surface area contributed by atoms with E-state index in [4.69, 9.17) is 4.98 Å². The number of phenolic OH excluding ortho intramolecular Hbond substituents is 1. The topological polar surface area (TPSA) is 48.9 Å². The zero-order valence-electron chi connectivity index (χ0n) is 23.7. The second-order valence-corrected chi connectivity index (χ2v) is 11.3. The molecule has 0 aliphatic carbocycles. The molecule has 0 spiro atoms. The number of unbranched alkanes of at least 4 members (excludes halogenated alkanes) is 1. The molecule has 198 valence electrons. The molecular weight excluding hydrogens is 476 g/mol. The molecule has 2 N–H and O–H groups in total. The molecule has 3 nitrogen and oxygen atoms in total. The second kappa shape index (κ2) is 10.9. The van der Waals surface area contributed by atoms with Crippen molar-refractivity contribution in [2.45, 2.75) is 59.3 Å². The van der Waals surface area contributed by atoms with E-state index in [-0.39, 0.29) is 11.2 Å². The summed E-state index contributed by atoms with van der Waals surface area (Å²) in [5.41, 5.74) is 10.1. The highest BCUT2D eigenvalue weighted by atomic mass is 16.3. The fourth-order valence-electron chi connectivity index (χ4n) is 5.16. The summed E-state index contributed by atoms with van der Waals surface area (Å²) in [5, 5.41) is 11.7. The van der Waals surface area contributed by atoms with Crippen LogP contribution in [0.3, 0.4) is 0 Å². The van der Waals surface area contributed by atoms with Gasteiger partial charge in [-0.25, -0.2) is 4.98 Å². The van der Waals surface area contributed by atoms with Crippen molar-refractivity contribution in [3.8, 4) is 50.8 Å². The highest BCUT2D eigenvalue weighted by molar-refractivity contribution is 5.85. The Hall–Kier alpha value is -4.11. The molecule has 0 fully saturated rings. The number of H-pyrrole nitrogens is 1. The van der Waals surface area contributed by atoms with Crippen molar-refractivity contribution in [3.63, 3.8) is 0 Å². The van der Waals surface area contributed by atoms with Crippen LogP contribution in [0.4, 0.5) is 0 Å². The summed E-state index contributed by atoms with van der Waals surface area (Å²) in [5.74, 6) is 0.917. The van der Waals surface area contributed by atoms with Crippen LogP contribution in [0.1, 0.15) is 56.7 Å². The van der Waals surface area contributed by atoms with Crippen LogP contribution in [0.15, 0.2) is 91.0 Å². The van der Waals surface area contributed by atoms with Crippen LogP contribution >= 0.6 is 0 Å². The molecule has 0 saturated heterocycles. The van der Waals surface area contributed by atoms with Gasteiger partial charge in [-0.05, 0) is 48.9 Å². The van der Waals surface area contributed by atoms with E-state index in [0.29, 0.717) is 5.82 Å². The summed E-state index contributed by atoms with van der Waals surface area (Å²) in [6.07, 6.45) is 3.38. The molecule has 39 heavy (non-hydrogen) atoms. The lowest BCUT2D eigenvalue weighted by molar-refractivity contribution is 0.454. The fourth-order valence-corrected chi connectivity index (χ4v) is 5.16. The Labute approximate surface area is 232 Å². The number of aromatic amines is 1. The van der Waals surface area contributed by atoms with Gasteiger partial charge in [0.15, 0.2) is 0 Å². The van der Waals surface area contributed by atoms with Crippen molar-refractivity contribution >= 4 is 0 Å². The second-order valence-electron chi connectivity index (χ2n) is 11.3. The number of hydrogen-bond acceptors (Lipinski definition) is 2. The first-order valence-corrected chi connectivity index (χ1v) is 13.9. The van der Waals surface area contributed by atoms with Crippen molar-refractivity contribution in [3.05, 3.63) is 108 Å². The van der Waals surface area contributed by atoms with Crippen molar-refractivity contribution in [1.82, 2.24) is 9.97 Å². The number of rotatable bonds is 8. The predicted molar refractivity (Wildman–Crippen MR) is 164 cm³/mol. The molecule has 4 aromatic carbocycles. The third-order valence-electron chi connectivity index (χ3n) is 7.76. The van der Waals surface area contributed by atoms with Crippen LogP contribution in [0.2, 0.25) is 0 Å². The SMILES string of the molecule is CCCCC(C)(C)c1cc(-c2ccccc2)c(O)c(-c2nc(-c3ccc(C)cc3)c(-c3ccc(C)cc3)[nH]2)c1. The average Bonchev–Trinajstić information content (AvgIpc) is 3.38. The molecule has 3 heteroatoms. The van der Waals surface area contributed by atoms with Crippen LogP contribution in [0.25, 0.3) is 45.0 Å². The molecule has 1 heterocycles.